The molecule has 1 fully saturated rings. The molecule has 0 bridgehead atoms. The van der Waals surface area contributed by atoms with E-state index in [2.05, 4.69) is 10.6 Å². The van der Waals surface area contributed by atoms with E-state index >= 15 is 0 Å². The number of amides is 2. The first-order valence-corrected chi connectivity index (χ1v) is 6.72. The zero-order chi connectivity index (χ0) is 14.4. The van der Waals surface area contributed by atoms with Gasteiger partial charge in [0.2, 0.25) is 11.8 Å². The van der Waals surface area contributed by atoms with Crippen LogP contribution in [0.5, 0.6) is 5.75 Å². The van der Waals surface area contributed by atoms with Gasteiger partial charge in [0.1, 0.15) is 5.75 Å². The summed E-state index contributed by atoms with van der Waals surface area (Å²) in [6, 6.07) is 6.34. The van der Waals surface area contributed by atoms with Crippen molar-refractivity contribution in [3.8, 4) is 5.75 Å². The Kier molecular flexibility index (Phi) is 4.95. The van der Waals surface area contributed by atoms with Crippen LogP contribution in [0.25, 0.3) is 0 Å². The van der Waals surface area contributed by atoms with Crippen LogP contribution in [0.4, 0.5) is 5.69 Å². The first-order chi connectivity index (χ1) is 9.65. The Balaban J connectivity index is 1.75. The van der Waals surface area contributed by atoms with E-state index in [1.165, 1.54) is 12.1 Å². The van der Waals surface area contributed by atoms with Gasteiger partial charge in [0.15, 0.2) is 0 Å². The molecule has 0 atom stereocenters. The molecule has 0 aliphatic carbocycles. The number of hydrogen-bond donors (Lipinski definition) is 3. The Morgan fingerprint density at radius 2 is 2.00 bits per heavy atom. The second-order valence-electron chi connectivity index (χ2n) is 4.73. The number of hydrogen-bond acceptors (Lipinski definition) is 4. The minimum atomic E-state index is -0.223. The Hall–Kier alpha value is -2.08. The van der Waals surface area contributed by atoms with E-state index in [4.69, 9.17) is 0 Å². The number of rotatable bonds is 4. The summed E-state index contributed by atoms with van der Waals surface area (Å²) in [5, 5.41) is 15.1. The summed E-state index contributed by atoms with van der Waals surface area (Å²) in [7, 11) is 0. The summed E-state index contributed by atoms with van der Waals surface area (Å²) in [5.74, 6) is -0.115. The molecule has 1 aliphatic rings. The fourth-order valence-electron chi connectivity index (χ4n) is 2.10. The van der Waals surface area contributed by atoms with E-state index in [1.54, 1.807) is 17.0 Å². The lowest BCUT2D eigenvalue weighted by Crippen LogP contribution is -2.46. The number of nitrogens with zero attached hydrogens (tertiary/aromatic N) is 1. The predicted octanol–water partition coefficient (Wildman–Crippen LogP) is 0.543. The quantitative estimate of drug-likeness (QED) is 0.750. The van der Waals surface area contributed by atoms with Gasteiger partial charge in [0.05, 0.1) is 0 Å². The van der Waals surface area contributed by atoms with Crippen molar-refractivity contribution in [2.75, 3.05) is 31.5 Å². The highest BCUT2D eigenvalue weighted by atomic mass is 16.3. The number of carbonyl (C=O) groups is 2. The first kappa shape index (κ1) is 14.3. The number of nitrogens with one attached hydrogen (secondary N) is 2. The van der Waals surface area contributed by atoms with E-state index < -0.39 is 0 Å². The molecule has 20 heavy (non-hydrogen) atoms. The summed E-state index contributed by atoms with van der Waals surface area (Å²) in [4.78, 5) is 25.4. The average molecular weight is 277 g/mol. The van der Waals surface area contributed by atoms with Crippen LogP contribution in [-0.4, -0.2) is 48.0 Å². The fourth-order valence-corrected chi connectivity index (χ4v) is 2.10. The van der Waals surface area contributed by atoms with Gasteiger partial charge in [-0.1, -0.05) is 6.07 Å². The summed E-state index contributed by atoms with van der Waals surface area (Å²) in [6.07, 6.45) is 0.364. The van der Waals surface area contributed by atoms with E-state index in [-0.39, 0.29) is 30.4 Å². The lowest BCUT2D eigenvalue weighted by molar-refractivity contribution is -0.133. The van der Waals surface area contributed by atoms with E-state index in [0.29, 0.717) is 18.8 Å². The number of piperazine rings is 1. The maximum Gasteiger partial charge on any atom is 0.224 e. The highest BCUT2D eigenvalue weighted by Gasteiger charge is 2.16. The minimum Gasteiger partial charge on any atom is -0.508 e. The number of carbonyl (C=O) groups excluding carboxylic acids is 2. The van der Waals surface area contributed by atoms with Crippen molar-refractivity contribution >= 4 is 17.5 Å². The molecule has 2 rings (SSSR count). The zero-order valence-electron chi connectivity index (χ0n) is 11.3. The molecule has 1 aliphatic heterocycles. The van der Waals surface area contributed by atoms with E-state index in [9.17, 15) is 14.7 Å². The third-order valence-electron chi connectivity index (χ3n) is 3.17. The summed E-state index contributed by atoms with van der Waals surface area (Å²) >= 11 is 0. The molecule has 0 saturated carbocycles. The molecule has 1 aromatic rings. The highest BCUT2D eigenvalue weighted by Crippen LogP contribution is 2.15. The van der Waals surface area contributed by atoms with Crippen LogP contribution in [0.3, 0.4) is 0 Å². The predicted molar refractivity (Wildman–Crippen MR) is 75.4 cm³/mol. The lowest BCUT2D eigenvalue weighted by Gasteiger charge is -2.27. The zero-order valence-corrected chi connectivity index (χ0v) is 11.3. The molecule has 0 unspecified atom stereocenters. The second kappa shape index (κ2) is 6.91. The van der Waals surface area contributed by atoms with Gasteiger partial charge < -0.3 is 20.6 Å². The van der Waals surface area contributed by atoms with Crippen molar-refractivity contribution in [1.29, 1.82) is 0 Å². The molecule has 3 N–H and O–H groups in total. The number of benzene rings is 1. The van der Waals surface area contributed by atoms with Gasteiger partial charge in [-0.3, -0.25) is 9.59 Å². The molecule has 2 amide bonds. The number of aromatic hydroxyl groups is 1. The van der Waals surface area contributed by atoms with Gasteiger partial charge in [0, 0.05) is 50.8 Å². The minimum absolute atomic E-state index is 0.0116. The SMILES string of the molecule is O=C(CCC(=O)N1CCNCC1)Nc1cccc(O)c1. The smallest absolute Gasteiger partial charge is 0.224 e. The van der Waals surface area contributed by atoms with Gasteiger partial charge in [-0.2, -0.15) is 0 Å². The third kappa shape index (κ3) is 4.24. The molecule has 0 radical (unpaired) electrons. The standard InChI is InChI=1S/C14H19N3O3/c18-12-3-1-2-11(10-12)16-13(19)4-5-14(20)17-8-6-15-7-9-17/h1-3,10,15,18H,4-9H2,(H,16,19). The van der Waals surface area contributed by atoms with Crippen LogP contribution in [0.1, 0.15) is 12.8 Å². The van der Waals surface area contributed by atoms with Crippen LogP contribution >= 0.6 is 0 Å². The van der Waals surface area contributed by atoms with Crippen molar-refractivity contribution in [3.05, 3.63) is 24.3 Å². The Morgan fingerprint density at radius 3 is 2.70 bits per heavy atom. The number of phenolic OH excluding ortho intramolecular Hbond substituents is 1. The Bertz CT molecular complexity index is 484. The van der Waals surface area contributed by atoms with E-state index in [1.807, 2.05) is 0 Å². The molecular formula is C14H19N3O3. The monoisotopic (exact) mass is 277 g/mol. The van der Waals surface area contributed by atoms with Gasteiger partial charge in [-0.25, -0.2) is 0 Å². The van der Waals surface area contributed by atoms with Crippen LogP contribution in [0, 0.1) is 0 Å². The van der Waals surface area contributed by atoms with Crippen LogP contribution in [0.15, 0.2) is 24.3 Å². The number of phenols is 1. The van der Waals surface area contributed by atoms with Crippen LogP contribution in [-0.2, 0) is 9.59 Å². The molecule has 6 heteroatoms. The fraction of sp³-hybridized carbons (Fsp3) is 0.429. The normalized spacial score (nSPS) is 14.9. The maximum absolute atomic E-state index is 11.9. The van der Waals surface area contributed by atoms with E-state index in [0.717, 1.165) is 13.1 Å². The topological polar surface area (TPSA) is 81.7 Å². The number of anilines is 1. The molecular weight excluding hydrogens is 258 g/mol. The average Bonchev–Trinajstić information content (AvgIpc) is 2.46. The molecule has 6 nitrogen and oxygen atoms in total. The third-order valence-corrected chi connectivity index (χ3v) is 3.17. The van der Waals surface area contributed by atoms with Gasteiger partial charge in [0.25, 0.3) is 0 Å². The van der Waals surface area contributed by atoms with Crippen molar-refractivity contribution in [3.63, 3.8) is 0 Å². The summed E-state index contributed by atoms with van der Waals surface area (Å²) in [5.41, 5.74) is 0.532. The van der Waals surface area contributed by atoms with Gasteiger partial charge >= 0.3 is 0 Å². The highest BCUT2D eigenvalue weighted by molar-refractivity contribution is 5.93. The first-order valence-electron chi connectivity index (χ1n) is 6.72. The second-order valence-corrected chi connectivity index (χ2v) is 4.73. The lowest BCUT2D eigenvalue weighted by atomic mass is 10.2. The van der Waals surface area contributed by atoms with Crippen molar-refractivity contribution < 1.29 is 14.7 Å². The Morgan fingerprint density at radius 1 is 1.25 bits per heavy atom. The molecule has 1 heterocycles. The largest absolute Gasteiger partial charge is 0.508 e. The van der Waals surface area contributed by atoms with Crippen molar-refractivity contribution in [1.82, 2.24) is 10.2 Å². The van der Waals surface area contributed by atoms with Gasteiger partial charge in [-0.15, -0.1) is 0 Å². The summed E-state index contributed by atoms with van der Waals surface area (Å²) in [6.45, 7) is 3.02. The molecule has 108 valence electrons. The molecule has 1 saturated heterocycles. The van der Waals surface area contributed by atoms with Crippen LogP contribution < -0.4 is 10.6 Å². The Labute approximate surface area is 117 Å². The molecule has 0 spiro atoms. The van der Waals surface area contributed by atoms with Crippen molar-refractivity contribution in [2.45, 2.75) is 12.8 Å². The molecule has 1 aromatic carbocycles. The van der Waals surface area contributed by atoms with Crippen molar-refractivity contribution in [2.24, 2.45) is 0 Å². The molecule has 0 aromatic heterocycles. The van der Waals surface area contributed by atoms with Gasteiger partial charge in [-0.05, 0) is 12.1 Å². The maximum atomic E-state index is 11.9. The summed E-state index contributed by atoms with van der Waals surface area (Å²) < 4.78 is 0. The van der Waals surface area contributed by atoms with Crippen LogP contribution in [0.2, 0.25) is 0 Å².